The molecule has 0 spiro atoms. The molecule has 0 aliphatic heterocycles. The molecule has 0 radical (unpaired) electrons. The summed E-state index contributed by atoms with van der Waals surface area (Å²) in [7, 11) is -1.11. The van der Waals surface area contributed by atoms with E-state index in [0.717, 1.165) is 5.82 Å². The third-order valence-electron chi connectivity index (χ3n) is 2.37. The molecule has 1 heterocycles. The van der Waals surface area contributed by atoms with Crippen molar-refractivity contribution in [2.45, 2.75) is 25.6 Å². The van der Waals surface area contributed by atoms with Crippen LogP contribution in [0.3, 0.4) is 0 Å². The zero-order valence-corrected chi connectivity index (χ0v) is 10.7. The molecule has 0 aliphatic carbocycles. The summed E-state index contributed by atoms with van der Waals surface area (Å²) in [5.41, 5.74) is 0. The molecule has 0 saturated heterocycles. The number of hydrogen-bond donors (Lipinski definition) is 1. The van der Waals surface area contributed by atoms with E-state index >= 15 is 0 Å². The SMILES string of the molecule is CC(C)S(=O)(=O)CCNCc1nncn1C. The molecule has 16 heavy (non-hydrogen) atoms. The van der Waals surface area contributed by atoms with Crippen LogP contribution in [0.25, 0.3) is 0 Å². The fourth-order valence-corrected chi connectivity index (χ4v) is 2.02. The van der Waals surface area contributed by atoms with Crippen molar-refractivity contribution >= 4 is 9.84 Å². The lowest BCUT2D eigenvalue weighted by atomic mass is 10.5. The first-order valence-corrected chi connectivity index (χ1v) is 6.90. The molecule has 6 nitrogen and oxygen atoms in total. The van der Waals surface area contributed by atoms with Crippen LogP contribution in [0.15, 0.2) is 6.33 Å². The highest BCUT2D eigenvalue weighted by atomic mass is 32.2. The lowest BCUT2D eigenvalue weighted by Crippen LogP contribution is -2.27. The van der Waals surface area contributed by atoms with E-state index in [1.165, 1.54) is 0 Å². The summed E-state index contributed by atoms with van der Waals surface area (Å²) in [6, 6.07) is 0. The van der Waals surface area contributed by atoms with Gasteiger partial charge in [-0.2, -0.15) is 0 Å². The summed E-state index contributed by atoms with van der Waals surface area (Å²) in [6.07, 6.45) is 1.61. The van der Waals surface area contributed by atoms with E-state index in [9.17, 15) is 8.42 Å². The summed E-state index contributed by atoms with van der Waals surface area (Å²) in [5.74, 6) is 0.949. The summed E-state index contributed by atoms with van der Waals surface area (Å²) in [6.45, 7) is 4.35. The highest BCUT2D eigenvalue weighted by Crippen LogP contribution is 1.99. The Labute approximate surface area is 96.0 Å². The number of aromatic nitrogens is 3. The van der Waals surface area contributed by atoms with Crippen LogP contribution < -0.4 is 5.32 Å². The van der Waals surface area contributed by atoms with Crippen LogP contribution in [-0.4, -0.2) is 40.7 Å². The Morgan fingerprint density at radius 1 is 1.50 bits per heavy atom. The largest absolute Gasteiger partial charge is 0.320 e. The van der Waals surface area contributed by atoms with Crippen molar-refractivity contribution in [2.24, 2.45) is 7.05 Å². The van der Waals surface area contributed by atoms with Crippen LogP contribution >= 0.6 is 0 Å². The molecule has 0 unspecified atom stereocenters. The van der Waals surface area contributed by atoms with E-state index in [2.05, 4.69) is 15.5 Å². The molecule has 0 atom stereocenters. The lowest BCUT2D eigenvalue weighted by Gasteiger charge is -2.08. The fourth-order valence-electron chi connectivity index (χ4n) is 1.12. The van der Waals surface area contributed by atoms with E-state index in [-0.39, 0.29) is 11.0 Å². The minimum Gasteiger partial charge on any atom is -0.320 e. The van der Waals surface area contributed by atoms with Gasteiger partial charge in [-0.15, -0.1) is 10.2 Å². The van der Waals surface area contributed by atoms with E-state index in [0.29, 0.717) is 13.1 Å². The summed E-state index contributed by atoms with van der Waals surface area (Å²) < 4.78 is 24.8. The van der Waals surface area contributed by atoms with Gasteiger partial charge in [0.1, 0.15) is 12.2 Å². The van der Waals surface area contributed by atoms with Crippen molar-refractivity contribution < 1.29 is 8.42 Å². The topological polar surface area (TPSA) is 76.9 Å². The van der Waals surface area contributed by atoms with E-state index in [1.807, 2.05) is 7.05 Å². The normalized spacial score (nSPS) is 12.2. The first-order valence-electron chi connectivity index (χ1n) is 5.18. The molecule has 0 bridgehead atoms. The number of aryl methyl sites for hydroxylation is 1. The molecule has 7 heteroatoms. The predicted octanol–water partition coefficient (Wildman–Crippen LogP) is -0.272. The van der Waals surface area contributed by atoms with Gasteiger partial charge in [0.15, 0.2) is 9.84 Å². The quantitative estimate of drug-likeness (QED) is 0.699. The maximum atomic E-state index is 11.5. The number of nitrogens with zero attached hydrogens (tertiary/aromatic N) is 3. The molecule has 0 aromatic carbocycles. The average molecular weight is 246 g/mol. The number of nitrogens with one attached hydrogen (secondary N) is 1. The lowest BCUT2D eigenvalue weighted by molar-refractivity contribution is 0.579. The first kappa shape index (κ1) is 13.1. The highest BCUT2D eigenvalue weighted by Gasteiger charge is 2.15. The van der Waals surface area contributed by atoms with Crippen molar-refractivity contribution in [1.29, 1.82) is 0 Å². The van der Waals surface area contributed by atoms with Gasteiger partial charge in [-0.3, -0.25) is 0 Å². The fraction of sp³-hybridized carbons (Fsp3) is 0.778. The highest BCUT2D eigenvalue weighted by molar-refractivity contribution is 7.92. The Morgan fingerprint density at radius 2 is 2.19 bits per heavy atom. The van der Waals surface area contributed by atoms with Gasteiger partial charge in [0.05, 0.1) is 17.5 Å². The van der Waals surface area contributed by atoms with Gasteiger partial charge in [0.25, 0.3) is 0 Å². The van der Waals surface area contributed by atoms with Gasteiger partial charge in [-0.05, 0) is 13.8 Å². The molecular formula is C9H18N4O2S. The molecule has 1 N–H and O–H groups in total. The average Bonchev–Trinajstić information content (AvgIpc) is 2.59. The van der Waals surface area contributed by atoms with E-state index in [4.69, 9.17) is 0 Å². The van der Waals surface area contributed by atoms with Gasteiger partial charge in [-0.25, -0.2) is 8.42 Å². The summed E-state index contributed by atoms with van der Waals surface area (Å²) in [4.78, 5) is 0. The second-order valence-corrected chi connectivity index (χ2v) is 6.63. The van der Waals surface area contributed by atoms with Crippen molar-refractivity contribution in [3.8, 4) is 0 Å². The Kier molecular flexibility index (Phi) is 4.43. The van der Waals surface area contributed by atoms with Gasteiger partial charge >= 0.3 is 0 Å². The molecule has 1 aromatic rings. The second kappa shape index (κ2) is 5.40. The van der Waals surface area contributed by atoms with E-state index < -0.39 is 9.84 Å². The smallest absolute Gasteiger partial charge is 0.153 e. The number of sulfone groups is 1. The Hall–Kier alpha value is -0.950. The number of hydrogen-bond acceptors (Lipinski definition) is 5. The van der Waals surface area contributed by atoms with Crippen LogP contribution in [0, 0.1) is 0 Å². The molecule has 92 valence electrons. The maximum Gasteiger partial charge on any atom is 0.153 e. The summed E-state index contributed by atoms with van der Waals surface area (Å²) >= 11 is 0. The Morgan fingerprint density at radius 3 is 2.69 bits per heavy atom. The van der Waals surface area contributed by atoms with Gasteiger partial charge in [-0.1, -0.05) is 0 Å². The minimum absolute atomic E-state index is 0.155. The summed E-state index contributed by atoms with van der Waals surface area (Å²) in [5, 5.41) is 10.3. The van der Waals surface area contributed by atoms with Crippen LogP contribution in [0.1, 0.15) is 19.7 Å². The van der Waals surface area contributed by atoms with Gasteiger partial charge in [0.2, 0.25) is 0 Å². The van der Waals surface area contributed by atoms with Gasteiger partial charge < -0.3 is 9.88 Å². The first-order chi connectivity index (χ1) is 7.43. The standard InChI is InChI=1S/C9H18N4O2S/c1-8(2)16(14,15)5-4-10-6-9-12-11-7-13(9)3/h7-8,10H,4-6H2,1-3H3. The van der Waals surface area contributed by atoms with Crippen molar-refractivity contribution in [3.63, 3.8) is 0 Å². The monoisotopic (exact) mass is 246 g/mol. The van der Waals surface area contributed by atoms with Crippen molar-refractivity contribution in [3.05, 3.63) is 12.2 Å². The zero-order valence-electron chi connectivity index (χ0n) is 9.84. The molecule has 1 rings (SSSR count). The predicted molar refractivity (Wildman–Crippen MR) is 61.6 cm³/mol. The molecule has 0 aliphatic rings. The number of rotatable bonds is 6. The third kappa shape index (κ3) is 3.57. The van der Waals surface area contributed by atoms with Crippen molar-refractivity contribution in [1.82, 2.24) is 20.1 Å². The van der Waals surface area contributed by atoms with Crippen LogP contribution in [0.5, 0.6) is 0 Å². The molecule has 0 amide bonds. The Bertz CT molecular complexity index is 424. The molecule has 0 saturated carbocycles. The zero-order chi connectivity index (χ0) is 12.2. The molecular weight excluding hydrogens is 228 g/mol. The third-order valence-corrected chi connectivity index (χ3v) is 4.58. The van der Waals surface area contributed by atoms with Crippen LogP contribution in [-0.2, 0) is 23.4 Å². The van der Waals surface area contributed by atoms with Crippen LogP contribution in [0.4, 0.5) is 0 Å². The molecule has 1 aromatic heterocycles. The van der Waals surface area contributed by atoms with Crippen LogP contribution in [0.2, 0.25) is 0 Å². The molecule has 0 fully saturated rings. The van der Waals surface area contributed by atoms with Gasteiger partial charge in [0, 0.05) is 13.6 Å². The minimum atomic E-state index is -2.95. The van der Waals surface area contributed by atoms with E-state index in [1.54, 1.807) is 24.7 Å². The maximum absolute atomic E-state index is 11.5. The Balaban J connectivity index is 2.30. The second-order valence-electron chi connectivity index (χ2n) is 3.95. The van der Waals surface area contributed by atoms with Crippen molar-refractivity contribution in [2.75, 3.05) is 12.3 Å².